The van der Waals surface area contributed by atoms with Crippen molar-refractivity contribution in [2.24, 2.45) is 0 Å². The Balaban J connectivity index is 1.38. The second kappa shape index (κ2) is 6.75. The third-order valence-electron chi connectivity index (χ3n) is 3.96. The molecule has 13 heteroatoms. The van der Waals surface area contributed by atoms with Crippen molar-refractivity contribution in [2.75, 3.05) is 23.0 Å². The Hall–Kier alpha value is -3.35. The smallest absolute Gasteiger partial charge is 0.278 e. The molecule has 140 valence electrons. The molecule has 12 nitrogen and oxygen atoms in total. The van der Waals surface area contributed by atoms with Gasteiger partial charge in [-0.2, -0.15) is 21.7 Å². The van der Waals surface area contributed by atoms with Crippen molar-refractivity contribution in [3.8, 4) is 0 Å². The summed E-state index contributed by atoms with van der Waals surface area (Å²) in [6.07, 6.45) is 3.15. The van der Waals surface area contributed by atoms with Crippen LogP contribution in [-0.4, -0.2) is 50.5 Å². The van der Waals surface area contributed by atoms with E-state index in [-0.39, 0.29) is 23.0 Å². The minimum Gasteiger partial charge on any atom is -0.369 e. The topological polar surface area (TPSA) is 179 Å². The SMILES string of the molecule is Nc1nc2ncn(CCSCCn3cnc4nc(N)[nH]c(=O)c43)c2c(=O)[nH]1. The van der Waals surface area contributed by atoms with Crippen molar-refractivity contribution < 1.29 is 0 Å². The number of imidazole rings is 2. The van der Waals surface area contributed by atoms with E-state index in [4.69, 9.17) is 11.5 Å². The molecular weight excluding hydrogens is 372 g/mol. The lowest BCUT2D eigenvalue weighted by Crippen LogP contribution is -2.15. The molecule has 0 aromatic carbocycles. The molecule has 0 amide bonds. The molecule has 0 aliphatic rings. The molecule has 0 aliphatic heterocycles. The molecule has 0 radical (unpaired) electrons. The third-order valence-corrected chi connectivity index (χ3v) is 4.90. The average molecular weight is 388 g/mol. The fourth-order valence-corrected chi connectivity index (χ4v) is 3.63. The van der Waals surface area contributed by atoms with Gasteiger partial charge in [-0.3, -0.25) is 19.6 Å². The molecule has 0 bridgehead atoms. The van der Waals surface area contributed by atoms with Crippen molar-refractivity contribution in [3.05, 3.63) is 33.4 Å². The highest BCUT2D eigenvalue weighted by molar-refractivity contribution is 7.99. The molecule has 6 N–H and O–H groups in total. The summed E-state index contributed by atoms with van der Waals surface area (Å²) in [7, 11) is 0. The standard InChI is InChI=1S/C14H16N10O2S/c15-13-19-9-7(11(25)21-13)23(5-17-9)1-3-27-4-2-24-6-18-10-8(24)12(26)22-14(16)20-10/h5-6H,1-4H2,(H3,15,19,21,25)(H3,16,20,22,26). The van der Waals surface area contributed by atoms with Crippen LogP contribution in [0.3, 0.4) is 0 Å². The molecule has 4 aromatic rings. The van der Waals surface area contributed by atoms with Gasteiger partial charge in [-0.25, -0.2) is 9.97 Å². The van der Waals surface area contributed by atoms with Gasteiger partial charge in [0.1, 0.15) is 0 Å². The Kier molecular flexibility index (Phi) is 4.27. The van der Waals surface area contributed by atoms with E-state index in [1.54, 1.807) is 33.6 Å². The summed E-state index contributed by atoms with van der Waals surface area (Å²) < 4.78 is 3.50. The molecule has 27 heavy (non-hydrogen) atoms. The van der Waals surface area contributed by atoms with Gasteiger partial charge in [-0.05, 0) is 0 Å². The fourth-order valence-electron chi connectivity index (χ4n) is 2.77. The first kappa shape index (κ1) is 17.1. The van der Waals surface area contributed by atoms with Crippen LogP contribution >= 0.6 is 11.8 Å². The summed E-state index contributed by atoms with van der Waals surface area (Å²) in [5, 5.41) is 0. The number of nitrogens with two attached hydrogens (primary N) is 2. The van der Waals surface area contributed by atoms with Crippen molar-refractivity contribution in [2.45, 2.75) is 13.1 Å². The Morgan fingerprint density at radius 1 is 0.852 bits per heavy atom. The monoisotopic (exact) mass is 388 g/mol. The van der Waals surface area contributed by atoms with E-state index < -0.39 is 0 Å². The number of fused-ring (bicyclic) bond motifs is 2. The zero-order valence-corrected chi connectivity index (χ0v) is 14.9. The summed E-state index contributed by atoms with van der Waals surface area (Å²) >= 11 is 1.67. The summed E-state index contributed by atoms with van der Waals surface area (Å²) in [6, 6.07) is 0. The van der Waals surface area contributed by atoms with Gasteiger partial charge in [-0.15, -0.1) is 0 Å². The predicted molar refractivity (Wildman–Crippen MR) is 102 cm³/mol. The van der Waals surface area contributed by atoms with Crippen LogP contribution in [0.4, 0.5) is 11.9 Å². The minimum atomic E-state index is -0.309. The zero-order chi connectivity index (χ0) is 19.0. The van der Waals surface area contributed by atoms with Gasteiger partial charge in [0, 0.05) is 24.6 Å². The molecule has 0 unspecified atom stereocenters. The Morgan fingerprint density at radius 3 is 1.74 bits per heavy atom. The number of hydrogen-bond donors (Lipinski definition) is 4. The highest BCUT2D eigenvalue weighted by Crippen LogP contribution is 2.11. The maximum absolute atomic E-state index is 12.0. The first-order valence-electron chi connectivity index (χ1n) is 8.02. The van der Waals surface area contributed by atoms with E-state index in [2.05, 4.69) is 29.9 Å². The Bertz CT molecular complexity index is 1140. The van der Waals surface area contributed by atoms with E-state index in [0.717, 1.165) is 11.5 Å². The molecule has 0 saturated heterocycles. The highest BCUT2D eigenvalue weighted by Gasteiger charge is 2.10. The van der Waals surface area contributed by atoms with Crippen molar-refractivity contribution >= 4 is 46.0 Å². The lowest BCUT2D eigenvalue weighted by Gasteiger charge is -2.05. The second-order valence-electron chi connectivity index (χ2n) is 5.74. The molecule has 0 saturated carbocycles. The normalized spacial score (nSPS) is 11.6. The van der Waals surface area contributed by atoms with Crippen LogP contribution in [0.1, 0.15) is 0 Å². The zero-order valence-electron chi connectivity index (χ0n) is 14.0. The van der Waals surface area contributed by atoms with Gasteiger partial charge >= 0.3 is 0 Å². The maximum atomic E-state index is 12.0. The molecule has 4 rings (SSSR count). The number of anilines is 2. The number of rotatable bonds is 6. The second-order valence-corrected chi connectivity index (χ2v) is 6.96. The van der Waals surface area contributed by atoms with Gasteiger partial charge in [-0.1, -0.05) is 0 Å². The number of nitrogen functional groups attached to an aromatic ring is 2. The fraction of sp³-hybridized carbons (Fsp3) is 0.286. The molecular formula is C14H16N10O2S. The molecule has 4 heterocycles. The van der Waals surface area contributed by atoms with E-state index in [0.29, 0.717) is 35.4 Å². The van der Waals surface area contributed by atoms with E-state index in [1.807, 2.05) is 0 Å². The van der Waals surface area contributed by atoms with Gasteiger partial charge in [0.25, 0.3) is 11.1 Å². The number of aryl methyl sites for hydroxylation is 2. The highest BCUT2D eigenvalue weighted by atomic mass is 32.2. The maximum Gasteiger partial charge on any atom is 0.278 e. The Morgan fingerprint density at radius 2 is 1.30 bits per heavy atom. The number of thioether (sulfide) groups is 1. The van der Waals surface area contributed by atoms with E-state index in [9.17, 15) is 9.59 Å². The van der Waals surface area contributed by atoms with Crippen LogP contribution < -0.4 is 22.6 Å². The van der Waals surface area contributed by atoms with Crippen LogP contribution in [0.15, 0.2) is 22.2 Å². The number of aromatic nitrogens is 8. The minimum absolute atomic E-state index is 0.0471. The first-order chi connectivity index (χ1) is 13.0. The molecule has 0 spiro atoms. The van der Waals surface area contributed by atoms with E-state index >= 15 is 0 Å². The van der Waals surface area contributed by atoms with Crippen molar-refractivity contribution in [1.82, 2.24) is 39.0 Å². The number of nitrogens with zero attached hydrogens (tertiary/aromatic N) is 6. The quantitative estimate of drug-likeness (QED) is 0.306. The predicted octanol–water partition coefficient (Wildman–Crippen LogP) is -0.850. The number of H-pyrrole nitrogens is 2. The van der Waals surface area contributed by atoms with Crippen LogP contribution in [0.2, 0.25) is 0 Å². The van der Waals surface area contributed by atoms with Crippen LogP contribution in [0, 0.1) is 0 Å². The largest absolute Gasteiger partial charge is 0.369 e. The first-order valence-corrected chi connectivity index (χ1v) is 9.17. The third kappa shape index (κ3) is 3.23. The number of hydrogen-bond acceptors (Lipinski definition) is 9. The lowest BCUT2D eigenvalue weighted by atomic mass is 10.5. The van der Waals surface area contributed by atoms with Crippen molar-refractivity contribution in [3.63, 3.8) is 0 Å². The summed E-state index contributed by atoms with van der Waals surface area (Å²) in [5.74, 6) is 1.60. The van der Waals surface area contributed by atoms with Crippen LogP contribution in [0.5, 0.6) is 0 Å². The van der Waals surface area contributed by atoms with Crippen molar-refractivity contribution in [1.29, 1.82) is 0 Å². The van der Waals surface area contributed by atoms with Gasteiger partial charge in [0.2, 0.25) is 11.9 Å². The van der Waals surface area contributed by atoms with Gasteiger partial charge in [0.05, 0.1) is 12.7 Å². The summed E-state index contributed by atoms with van der Waals surface area (Å²) in [5.41, 5.74) is 11.9. The summed E-state index contributed by atoms with van der Waals surface area (Å²) in [6.45, 7) is 1.19. The Labute approximate surface area is 155 Å². The van der Waals surface area contributed by atoms with Gasteiger partial charge in [0.15, 0.2) is 22.3 Å². The number of aromatic amines is 2. The molecule has 0 fully saturated rings. The average Bonchev–Trinajstić information content (AvgIpc) is 3.19. The van der Waals surface area contributed by atoms with Crippen LogP contribution in [-0.2, 0) is 13.1 Å². The van der Waals surface area contributed by atoms with Crippen LogP contribution in [0.25, 0.3) is 22.3 Å². The summed E-state index contributed by atoms with van der Waals surface area (Å²) in [4.78, 5) is 45.2. The molecule has 0 aliphatic carbocycles. The lowest BCUT2D eigenvalue weighted by molar-refractivity contribution is 0.778. The molecule has 4 aromatic heterocycles. The van der Waals surface area contributed by atoms with E-state index in [1.165, 1.54) is 0 Å². The molecule has 0 atom stereocenters. The number of nitrogens with one attached hydrogen (secondary N) is 2. The van der Waals surface area contributed by atoms with Gasteiger partial charge < -0.3 is 20.6 Å².